The maximum Gasteiger partial charge on any atom is 0.417 e. The number of rotatable bonds is 4. The third-order valence-electron chi connectivity index (χ3n) is 4.68. The zero-order valence-corrected chi connectivity index (χ0v) is 17.3. The van der Waals surface area contributed by atoms with Crippen LogP contribution in [0.2, 0.25) is 15.1 Å². The SMILES string of the molecule is O=C(O)NC1CCc2cc(C(=O)/C=C(\c3cc(Cl)c(Cl)c(Cl)c3)C(F)(F)F)ccc21. The molecule has 0 aliphatic heterocycles. The first-order valence-corrected chi connectivity index (χ1v) is 9.71. The van der Waals surface area contributed by atoms with E-state index in [9.17, 15) is 22.8 Å². The Hall–Kier alpha value is -2.22. The highest BCUT2D eigenvalue weighted by Crippen LogP contribution is 2.40. The van der Waals surface area contributed by atoms with Gasteiger partial charge in [0.15, 0.2) is 5.78 Å². The van der Waals surface area contributed by atoms with Crippen LogP contribution in [0.25, 0.3) is 5.57 Å². The maximum atomic E-state index is 13.6. The van der Waals surface area contributed by atoms with Crippen molar-refractivity contribution in [1.29, 1.82) is 0 Å². The van der Waals surface area contributed by atoms with Gasteiger partial charge in [0, 0.05) is 5.56 Å². The van der Waals surface area contributed by atoms with Crippen LogP contribution < -0.4 is 5.32 Å². The minimum atomic E-state index is -4.84. The van der Waals surface area contributed by atoms with Gasteiger partial charge in [-0.2, -0.15) is 13.2 Å². The second-order valence-corrected chi connectivity index (χ2v) is 7.82. The molecule has 1 amide bonds. The lowest BCUT2D eigenvalue weighted by atomic mass is 9.98. The van der Waals surface area contributed by atoms with E-state index >= 15 is 0 Å². The van der Waals surface area contributed by atoms with Crippen molar-refractivity contribution in [1.82, 2.24) is 5.32 Å². The standard InChI is InChI=1S/C20H13Cl3F3NO3/c21-14-6-11(7-15(22)18(14)23)13(20(24,25)26)8-17(28)10-1-3-12-9(5-10)2-4-16(12)27-19(29)30/h1,3,5-8,16,27H,2,4H2,(H,29,30)/b13-8+. The molecular weight excluding hydrogens is 466 g/mol. The number of fused-ring (bicyclic) bond motifs is 1. The summed E-state index contributed by atoms with van der Waals surface area (Å²) in [5, 5.41) is 10.8. The van der Waals surface area contributed by atoms with Crippen LogP contribution in [0.5, 0.6) is 0 Å². The fourth-order valence-corrected chi connectivity index (χ4v) is 3.92. The summed E-state index contributed by atoms with van der Waals surface area (Å²) >= 11 is 17.5. The Bertz CT molecular complexity index is 1040. The van der Waals surface area contributed by atoms with E-state index in [0.29, 0.717) is 30.0 Å². The van der Waals surface area contributed by atoms with Crippen molar-refractivity contribution in [2.45, 2.75) is 25.1 Å². The molecule has 1 aliphatic rings. The van der Waals surface area contributed by atoms with E-state index in [-0.39, 0.29) is 26.2 Å². The molecule has 1 aliphatic carbocycles. The van der Waals surface area contributed by atoms with Crippen molar-refractivity contribution in [3.63, 3.8) is 0 Å². The quantitative estimate of drug-likeness (QED) is 0.291. The molecule has 30 heavy (non-hydrogen) atoms. The molecule has 1 unspecified atom stereocenters. The minimum Gasteiger partial charge on any atom is -0.465 e. The normalized spacial score (nSPS) is 16.3. The number of aryl methyl sites for hydroxylation is 1. The molecule has 0 aromatic heterocycles. The van der Waals surface area contributed by atoms with E-state index in [4.69, 9.17) is 39.9 Å². The Morgan fingerprint density at radius 1 is 1.07 bits per heavy atom. The van der Waals surface area contributed by atoms with Crippen molar-refractivity contribution >= 4 is 52.3 Å². The van der Waals surface area contributed by atoms with Crippen molar-refractivity contribution in [2.24, 2.45) is 0 Å². The van der Waals surface area contributed by atoms with E-state index in [2.05, 4.69) is 5.32 Å². The summed E-state index contributed by atoms with van der Waals surface area (Å²) in [6, 6.07) is 5.97. The number of hydrogen-bond donors (Lipinski definition) is 2. The summed E-state index contributed by atoms with van der Waals surface area (Å²) in [5.74, 6) is -0.859. The van der Waals surface area contributed by atoms with Gasteiger partial charge in [-0.1, -0.05) is 46.9 Å². The van der Waals surface area contributed by atoms with Gasteiger partial charge in [0.2, 0.25) is 0 Å². The number of carboxylic acid groups (broad SMARTS) is 1. The second kappa shape index (κ2) is 8.49. The minimum absolute atomic E-state index is 0.0534. The molecule has 0 saturated heterocycles. The Morgan fingerprint density at radius 3 is 2.27 bits per heavy atom. The highest BCUT2D eigenvalue weighted by atomic mass is 35.5. The van der Waals surface area contributed by atoms with Crippen LogP contribution in [0.1, 0.15) is 39.5 Å². The van der Waals surface area contributed by atoms with Gasteiger partial charge in [-0.05, 0) is 53.8 Å². The summed E-state index contributed by atoms with van der Waals surface area (Å²) in [6.07, 6.45) is -4.53. The Morgan fingerprint density at radius 2 is 1.70 bits per heavy atom. The molecule has 158 valence electrons. The zero-order valence-electron chi connectivity index (χ0n) is 15.0. The molecule has 0 radical (unpaired) electrons. The van der Waals surface area contributed by atoms with Gasteiger partial charge in [0.1, 0.15) is 0 Å². The van der Waals surface area contributed by atoms with Crippen molar-refractivity contribution in [2.75, 3.05) is 0 Å². The predicted molar refractivity (Wildman–Crippen MR) is 108 cm³/mol. The molecule has 3 rings (SSSR count). The van der Waals surface area contributed by atoms with E-state index in [1.165, 1.54) is 12.1 Å². The number of halogens is 6. The smallest absolute Gasteiger partial charge is 0.417 e. The van der Waals surface area contributed by atoms with Gasteiger partial charge in [0.05, 0.1) is 26.7 Å². The van der Waals surface area contributed by atoms with E-state index in [1.54, 1.807) is 6.07 Å². The number of hydrogen-bond acceptors (Lipinski definition) is 2. The molecule has 2 aromatic rings. The van der Waals surface area contributed by atoms with E-state index in [1.807, 2.05) is 0 Å². The fourth-order valence-electron chi connectivity index (χ4n) is 3.32. The summed E-state index contributed by atoms with van der Waals surface area (Å²) in [4.78, 5) is 23.4. The van der Waals surface area contributed by atoms with Crippen molar-refractivity contribution in [3.05, 3.63) is 73.7 Å². The third kappa shape index (κ3) is 4.74. The number of alkyl halides is 3. The highest BCUT2D eigenvalue weighted by Gasteiger charge is 2.36. The molecule has 0 heterocycles. The van der Waals surface area contributed by atoms with Gasteiger partial charge in [-0.15, -0.1) is 0 Å². The average molecular weight is 479 g/mol. The van der Waals surface area contributed by atoms with Gasteiger partial charge >= 0.3 is 12.3 Å². The lowest BCUT2D eigenvalue weighted by Gasteiger charge is -2.14. The summed E-state index contributed by atoms with van der Waals surface area (Å²) < 4.78 is 40.9. The van der Waals surface area contributed by atoms with Crippen molar-refractivity contribution in [3.8, 4) is 0 Å². The first-order valence-electron chi connectivity index (χ1n) is 8.57. The van der Waals surface area contributed by atoms with Crippen LogP contribution >= 0.6 is 34.8 Å². The van der Waals surface area contributed by atoms with Crippen LogP contribution in [0.15, 0.2) is 36.4 Å². The van der Waals surface area contributed by atoms with Gasteiger partial charge in [0.25, 0.3) is 0 Å². The Kier molecular flexibility index (Phi) is 6.36. The molecule has 0 fully saturated rings. The van der Waals surface area contributed by atoms with Gasteiger partial charge in [-0.3, -0.25) is 4.79 Å². The van der Waals surface area contributed by atoms with Gasteiger partial charge in [-0.25, -0.2) is 4.79 Å². The molecule has 2 aromatic carbocycles. The number of allylic oxidation sites excluding steroid dienone is 2. The number of ketones is 1. The van der Waals surface area contributed by atoms with E-state index in [0.717, 1.165) is 12.1 Å². The molecular formula is C20H13Cl3F3NO3. The summed E-state index contributed by atoms with van der Waals surface area (Å²) in [6.45, 7) is 0. The maximum absolute atomic E-state index is 13.6. The number of carbonyl (C=O) groups excluding carboxylic acids is 1. The summed E-state index contributed by atoms with van der Waals surface area (Å²) in [5.41, 5.74) is -0.136. The molecule has 2 N–H and O–H groups in total. The van der Waals surface area contributed by atoms with Gasteiger partial charge < -0.3 is 10.4 Å². The van der Waals surface area contributed by atoms with Crippen LogP contribution in [-0.2, 0) is 6.42 Å². The molecule has 10 heteroatoms. The predicted octanol–water partition coefficient (Wildman–Crippen LogP) is 6.73. The number of amides is 1. The number of benzene rings is 2. The Balaban J connectivity index is 1.98. The largest absolute Gasteiger partial charge is 0.465 e. The van der Waals surface area contributed by atoms with Crippen LogP contribution in [0.3, 0.4) is 0 Å². The average Bonchev–Trinajstić information content (AvgIpc) is 3.04. The number of nitrogens with one attached hydrogen (secondary N) is 1. The lowest BCUT2D eigenvalue weighted by Crippen LogP contribution is -2.24. The molecule has 4 nitrogen and oxygen atoms in total. The highest BCUT2D eigenvalue weighted by molar-refractivity contribution is 6.48. The second-order valence-electron chi connectivity index (χ2n) is 6.63. The van der Waals surface area contributed by atoms with Crippen molar-refractivity contribution < 1.29 is 27.9 Å². The topological polar surface area (TPSA) is 66.4 Å². The fraction of sp³-hybridized carbons (Fsp3) is 0.200. The molecule has 1 atom stereocenters. The molecule has 0 saturated carbocycles. The Labute approximate surface area is 184 Å². The molecule has 0 bridgehead atoms. The molecule has 0 spiro atoms. The van der Waals surface area contributed by atoms with Crippen LogP contribution in [0, 0.1) is 0 Å². The van der Waals surface area contributed by atoms with Crippen LogP contribution in [-0.4, -0.2) is 23.2 Å². The monoisotopic (exact) mass is 477 g/mol. The lowest BCUT2D eigenvalue weighted by molar-refractivity contribution is -0.0689. The number of carbonyl (C=O) groups is 2. The first kappa shape index (κ1) is 22.5. The third-order valence-corrected chi connectivity index (χ3v) is 5.88. The van der Waals surface area contributed by atoms with E-state index < -0.39 is 29.7 Å². The summed E-state index contributed by atoms with van der Waals surface area (Å²) in [7, 11) is 0. The zero-order chi connectivity index (χ0) is 22.2. The first-order chi connectivity index (χ1) is 14.0. The van der Waals surface area contributed by atoms with Crippen LogP contribution in [0.4, 0.5) is 18.0 Å².